The van der Waals surface area contributed by atoms with Crippen LogP contribution in [0.1, 0.15) is 5.89 Å². The first-order valence-electron chi connectivity index (χ1n) is 8.64. The second-order valence-electron chi connectivity index (χ2n) is 6.00. The zero-order chi connectivity index (χ0) is 21.1. The first-order valence-corrected chi connectivity index (χ1v) is 8.64. The van der Waals surface area contributed by atoms with Gasteiger partial charge in [0.1, 0.15) is 11.3 Å². The maximum absolute atomic E-state index is 12.4. The first-order chi connectivity index (χ1) is 14.5. The molecule has 2 aromatic carbocycles. The van der Waals surface area contributed by atoms with Gasteiger partial charge < -0.3 is 23.2 Å². The number of aromatic nitrogens is 2. The molecule has 0 aliphatic heterocycles. The number of hydrogen-bond acceptors (Lipinski definition) is 8. The molecular weight excluding hydrogens is 402 g/mol. The summed E-state index contributed by atoms with van der Waals surface area (Å²) >= 11 is 0. The number of hydrogen-bond donors (Lipinski definition) is 0. The molecule has 2 heterocycles. The summed E-state index contributed by atoms with van der Waals surface area (Å²) in [6.07, 6.45) is 0. The Kier molecular flexibility index (Phi) is 5.29. The van der Waals surface area contributed by atoms with E-state index in [9.17, 15) is 13.6 Å². The van der Waals surface area contributed by atoms with Crippen LogP contribution in [-0.2, 0) is 6.61 Å². The highest BCUT2D eigenvalue weighted by Gasteiger charge is 2.15. The molecule has 0 aliphatic rings. The average Bonchev–Trinajstić information content (AvgIpc) is 3.21. The van der Waals surface area contributed by atoms with Gasteiger partial charge in [-0.25, -0.2) is 4.79 Å². The summed E-state index contributed by atoms with van der Waals surface area (Å²) in [5.41, 5.74) is 0.418. The van der Waals surface area contributed by atoms with Crippen molar-refractivity contribution in [2.75, 3.05) is 7.11 Å². The molecule has 0 atom stereocenters. The van der Waals surface area contributed by atoms with E-state index in [-0.39, 0.29) is 29.8 Å². The zero-order valence-electron chi connectivity index (χ0n) is 15.5. The summed E-state index contributed by atoms with van der Waals surface area (Å²) in [5, 5.41) is 4.62. The molecule has 4 aromatic rings. The lowest BCUT2D eigenvalue weighted by Gasteiger charge is -2.10. The van der Waals surface area contributed by atoms with Crippen molar-refractivity contribution >= 4 is 11.0 Å². The average molecular weight is 416 g/mol. The molecule has 0 N–H and O–H groups in total. The highest BCUT2D eigenvalue weighted by Crippen LogP contribution is 2.32. The van der Waals surface area contributed by atoms with Gasteiger partial charge in [0.05, 0.1) is 7.11 Å². The van der Waals surface area contributed by atoms with Gasteiger partial charge in [-0.15, -0.1) is 0 Å². The van der Waals surface area contributed by atoms with Crippen LogP contribution in [0, 0.1) is 0 Å². The van der Waals surface area contributed by atoms with E-state index in [4.69, 9.17) is 18.4 Å². The van der Waals surface area contributed by atoms with Crippen LogP contribution < -0.4 is 19.8 Å². The van der Waals surface area contributed by atoms with E-state index >= 15 is 0 Å². The Bertz CT molecular complexity index is 1240. The Balaban J connectivity index is 1.48. The number of methoxy groups -OCH3 is 1. The molecule has 4 rings (SSSR count). The summed E-state index contributed by atoms with van der Waals surface area (Å²) in [6.45, 7) is -3.00. The van der Waals surface area contributed by atoms with Crippen molar-refractivity contribution in [2.45, 2.75) is 13.2 Å². The van der Waals surface area contributed by atoms with E-state index in [2.05, 4.69) is 14.9 Å². The smallest absolute Gasteiger partial charge is 0.387 e. The van der Waals surface area contributed by atoms with Crippen LogP contribution in [0.15, 0.2) is 62.3 Å². The standard InChI is InChI=1S/C20H14F2N2O6/c1-26-16-8-12(3-6-14(16)29-20(21)22)19-23-17(30-24-19)10-27-13-5-2-11-4-7-18(25)28-15(11)9-13/h2-9,20H,10H2,1H3. The molecule has 0 saturated carbocycles. The quantitative estimate of drug-likeness (QED) is 0.417. The minimum absolute atomic E-state index is 0.0285. The summed E-state index contributed by atoms with van der Waals surface area (Å²) < 4.78 is 50.2. The van der Waals surface area contributed by atoms with Crippen molar-refractivity contribution in [1.29, 1.82) is 0 Å². The number of alkyl halides is 2. The van der Waals surface area contributed by atoms with Gasteiger partial charge in [-0.05, 0) is 36.4 Å². The molecule has 0 amide bonds. The van der Waals surface area contributed by atoms with Gasteiger partial charge >= 0.3 is 12.2 Å². The molecule has 2 aromatic heterocycles. The van der Waals surface area contributed by atoms with Crippen molar-refractivity contribution in [1.82, 2.24) is 10.1 Å². The Morgan fingerprint density at radius 2 is 1.90 bits per heavy atom. The summed E-state index contributed by atoms with van der Waals surface area (Å²) in [4.78, 5) is 15.6. The maximum Gasteiger partial charge on any atom is 0.387 e. The Morgan fingerprint density at radius 1 is 1.07 bits per heavy atom. The summed E-state index contributed by atoms with van der Waals surface area (Å²) in [5.74, 6) is 0.859. The third kappa shape index (κ3) is 4.22. The van der Waals surface area contributed by atoms with Gasteiger partial charge in [-0.1, -0.05) is 5.16 Å². The van der Waals surface area contributed by atoms with E-state index in [1.165, 1.54) is 31.4 Å². The summed E-state index contributed by atoms with van der Waals surface area (Å²) in [7, 11) is 1.33. The van der Waals surface area contributed by atoms with Crippen molar-refractivity contribution in [3.8, 4) is 28.6 Å². The molecule has 8 nitrogen and oxygen atoms in total. The van der Waals surface area contributed by atoms with Gasteiger partial charge in [0.15, 0.2) is 18.1 Å². The van der Waals surface area contributed by atoms with E-state index in [1.54, 1.807) is 24.3 Å². The van der Waals surface area contributed by atoms with Crippen molar-refractivity contribution in [3.63, 3.8) is 0 Å². The predicted octanol–water partition coefficient (Wildman–Crippen LogP) is 4.03. The van der Waals surface area contributed by atoms with E-state index in [0.717, 1.165) is 5.39 Å². The maximum atomic E-state index is 12.4. The van der Waals surface area contributed by atoms with Gasteiger partial charge in [0.25, 0.3) is 5.89 Å². The van der Waals surface area contributed by atoms with Crippen LogP contribution in [-0.4, -0.2) is 23.9 Å². The van der Waals surface area contributed by atoms with E-state index in [0.29, 0.717) is 16.9 Å². The van der Waals surface area contributed by atoms with Gasteiger partial charge in [0.2, 0.25) is 5.82 Å². The Morgan fingerprint density at radius 3 is 2.70 bits per heavy atom. The normalized spacial score (nSPS) is 11.1. The number of fused-ring (bicyclic) bond motifs is 1. The number of ether oxygens (including phenoxy) is 3. The number of halogens is 2. The van der Waals surface area contributed by atoms with Crippen LogP contribution in [0.5, 0.6) is 17.2 Å². The molecule has 0 unspecified atom stereocenters. The van der Waals surface area contributed by atoms with Gasteiger partial charge in [-0.3, -0.25) is 0 Å². The topological polar surface area (TPSA) is 96.8 Å². The first kappa shape index (κ1) is 19.4. The second-order valence-corrected chi connectivity index (χ2v) is 6.00. The Labute approximate surface area is 167 Å². The molecule has 30 heavy (non-hydrogen) atoms. The van der Waals surface area contributed by atoms with E-state index < -0.39 is 12.2 Å². The van der Waals surface area contributed by atoms with Crippen LogP contribution in [0.4, 0.5) is 8.78 Å². The van der Waals surface area contributed by atoms with Gasteiger partial charge in [-0.2, -0.15) is 13.8 Å². The largest absolute Gasteiger partial charge is 0.493 e. The van der Waals surface area contributed by atoms with Gasteiger partial charge in [0, 0.05) is 23.1 Å². The molecule has 0 radical (unpaired) electrons. The zero-order valence-corrected chi connectivity index (χ0v) is 15.5. The van der Waals surface area contributed by atoms with Crippen LogP contribution in [0.2, 0.25) is 0 Å². The number of rotatable bonds is 7. The molecule has 154 valence electrons. The Hall–Kier alpha value is -3.95. The lowest BCUT2D eigenvalue weighted by Crippen LogP contribution is -2.03. The third-order valence-electron chi connectivity index (χ3n) is 4.06. The SMILES string of the molecule is COc1cc(-c2noc(COc3ccc4ccc(=O)oc4c3)n2)ccc1OC(F)F. The highest BCUT2D eigenvalue weighted by molar-refractivity contribution is 5.77. The highest BCUT2D eigenvalue weighted by atomic mass is 19.3. The van der Waals surface area contributed by atoms with Crippen molar-refractivity contribution < 1.29 is 31.9 Å². The monoisotopic (exact) mass is 416 g/mol. The number of nitrogens with zero attached hydrogens (tertiary/aromatic N) is 2. The molecule has 0 spiro atoms. The molecular formula is C20H14F2N2O6. The lowest BCUT2D eigenvalue weighted by atomic mass is 10.2. The fraction of sp³-hybridized carbons (Fsp3) is 0.150. The second kappa shape index (κ2) is 8.19. The fourth-order valence-corrected chi connectivity index (χ4v) is 2.71. The minimum atomic E-state index is -2.97. The van der Waals surface area contributed by atoms with Crippen molar-refractivity contribution in [2.24, 2.45) is 0 Å². The van der Waals surface area contributed by atoms with E-state index in [1.807, 2.05) is 0 Å². The molecule has 0 saturated heterocycles. The lowest BCUT2D eigenvalue weighted by molar-refractivity contribution is -0.0512. The molecule has 10 heteroatoms. The van der Waals surface area contributed by atoms with Crippen LogP contribution in [0.25, 0.3) is 22.4 Å². The molecule has 0 bridgehead atoms. The predicted molar refractivity (Wildman–Crippen MR) is 99.7 cm³/mol. The molecule has 0 fully saturated rings. The minimum Gasteiger partial charge on any atom is -0.493 e. The fourth-order valence-electron chi connectivity index (χ4n) is 2.71. The number of benzene rings is 2. The van der Waals surface area contributed by atoms with Crippen molar-refractivity contribution in [3.05, 3.63) is 64.8 Å². The van der Waals surface area contributed by atoms with Crippen LogP contribution in [0.3, 0.4) is 0 Å². The molecule has 0 aliphatic carbocycles. The third-order valence-corrected chi connectivity index (χ3v) is 4.06. The van der Waals surface area contributed by atoms with Crippen LogP contribution >= 0.6 is 0 Å². The summed E-state index contributed by atoms with van der Waals surface area (Å²) in [6, 6.07) is 12.3.